The largest absolute Gasteiger partial charge is 0.348 e. The third-order valence-corrected chi connectivity index (χ3v) is 4.30. The third-order valence-electron chi connectivity index (χ3n) is 4.30. The van der Waals surface area contributed by atoms with E-state index in [-0.39, 0.29) is 17.7 Å². The first kappa shape index (κ1) is 17.9. The van der Waals surface area contributed by atoms with Gasteiger partial charge >= 0.3 is 0 Å². The number of amides is 2. The smallest absolute Gasteiger partial charge is 0.239 e. The van der Waals surface area contributed by atoms with E-state index in [0.29, 0.717) is 13.1 Å². The van der Waals surface area contributed by atoms with Crippen LogP contribution in [0.2, 0.25) is 0 Å². The molecule has 1 aliphatic rings. The maximum Gasteiger partial charge on any atom is 0.239 e. The lowest BCUT2D eigenvalue weighted by Gasteiger charge is -2.27. The number of rotatable bonds is 5. The van der Waals surface area contributed by atoms with E-state index in [1.54, 1.807) is 19.0 Å². The molecule has 0 bridgehead atoms. The number of likely N-dealkylation sites (N-methyl/N-ethyl adjacent to an activating group) is 1. The molecule has 1 fully saturated rings. The van der Waals surface area contributed by atoms with Gasteiger partial charge in [0.25, 0.3) is 0 Å². The molecule has 2 unspecified atom stereocenters. The quantitative estimate of drug-likeness (QED) is 0.774. The Hall–Kier alpha value is -1.14. The van der Waals surface area contributed by atoms with Gasteiger partial charge in [-0.3, -0.25) is 14.5 Å². The summed E-state index contributed by atoms with van der Waals surface area (Å²) in [5.41, 5.74) is 6.04. The van der Waals surface area contributed by atoms with Crippen LogP contribution >= 0.6 is 0 Å². The van der Waals surface area contributed by atoms with Gasteiger partial charge in [-0.05, 0) is 12.3 Å². The van der Waals surface area contributed by atoms with Gasteiger partial charge in [-0.25, -0.2) is 0 Å². The highest BCUT2D eigenvalue weighted by molar-refractivity contribution is 5.82. The van der Waals surface area contributed by atoms with Crippen LogP contribution in [-0.2, 0) is 9.59 Å². The summed E-state index contributed by atoms with van der Waals surface area (Å²) in [5, 5.41) is 0. The molecule has 0 spiro atoms. The molecule has 122 valence electrons. The summed E-state index contributed by atoms with van der Waals surface area (Å²) in [5.74, 6) is 0.350. The Morgan fingerprint density at radius 3 is 2.43 bits per heavy atom. The van der Waals surface area contributed by atoms with E-state index < -0.39 is 6.04 Å². The molecule has 0 aromatic rings. The highest BCUT2D eigenvalue weighted by Crippen LogP contribution is 2.11. The lowest BCUT2D eigenvalue weighted by Crippen LogP contribution is -2.48. The average molecular weight is 298 g/mol. The van der Waals surface area contributed by atoms with Crippen LogP contribution in [0.4, 0.5) is 0 Å². The van der Waals surface area contributed by atoms with E-state index in [1.165, 1.54) is 0 Å². The van der Waals surface area contributed by atoms with Gasteiger partial charge < -0.3 is 15.5 Å². The molecule has 21 heavy (non-hydrogen) atoms. The minimum absolute atomic E-state index is 0.0464. The molecule has 0 aliphatic carbocycles. The number of hydrogen-bond donors (Lipinski definition) is 1. The van der Waals surface area contributed by atoms with Crippen LogP contribution in [0.5, 0.6) is 0 Å². The van der Waals surface area contributed by atoms with Crippen molar-refractivity contribution in [1.82, 2.24) is 14.7 Å². The average Bonchev–Trinajstić information content (AvgIpc) is 2.70. The Morgan fingerprint density at radius 2 is 1.86 bits per heavy atom. The van der Waals surface area contributed by atoms with Gasteiger partial charge in [0.05, 0.1) is 12.6 Å². The highest BCUT2D eigenvalue weighted by atomic mass is 16.2. The molecule has 1 rings (SSSR count). The minimum Gasteiger partial charge on any atom is -0.348 e. The molecule has 0 radical (unpaired) electrons. The van der Waals surface area contributed by atoms with Gasteiger partial charge in [0.15, 0.2) is 0 Å². The van der Waals surface area contributed by atoms with Crippen molar-refractivity contribution in [2.45, 2.75) is 32.7 Å². The predicted molar refractivity (Wildman–Crippen MR) is 83.8 cm³/mol. The van der Waals surface area contributed by atoms with E-state index in [1.807, 2.05) is 11.8 Å². The fourth-order valence-electron chi connectivity index (χ4n) is 2.39. The van der Waals surface area contributed by atoms with Gasteiger partial charge in [0.1, 0.15) is 0 Å². The van der Waals surface area contributed by atoms with E-state index in [0.717, 1.165) is 32.5 Å². The van der Waals surface area contributed by atoms with Crippen LogP contribution in [0.15, 0.2) is 0 Å². The number of nitrogens with two attached hydrogens (primary N) is 1. The summed E-state index contributed by atoms with van der Waals surface area (Å²) in [6.45, 7) is 7.46. The summed E-state index contributed by atoms with van der Waals surface area (Å²) in [6.07, 6.45) is 1.80. The van der Waals surface area contributed by atoms with Crippen LogP contribution in [0.3, 0.4) is 0 Å². The van der Waals surface area contributed by atoms with Crippen molar-refractivity contribution in [2.75, 3.05) is 46.8 Å². The highest BCUT2D eigenvalue weighted by Gasteiger charge is 2.27. The Balaban J connectivity index is 2.52. The van der Waals surface area contributed by atoms with Gasteiger partial charge in [-0.1, -0.05) is 20.3 Å². The molecular weight excluding hydrogens is 268 g/mol. The normalized spacial score (nSPS) is 19.8. The maximum absolute atomic E-state index is 12.4. The lowest BCUT2D eigenvalue weighted by molar-refractivity contribution is -0.133. The molecule has 6 nitrogen and oxygen atoms in total. The number of nitrogens with zero attached hydrogens (tertiary/aromatic N) is 3. The second kappa shape index (κ2) is 8.34. The van der Waals surface area contributed by atoms with E-state index in [9.17, 15) is 9.59 Å². The minimum atomic E-state index is -0.412. The second-order valence-corrected chi connectivity index (χ2v) is 6.15. The zero-order chi connectivity index (χ0) is 16.0. The van der Waals surface area contributed by atoms with Crippen molar-refractivity contribution in [3.05, 3.63) is 0 Å². The molecule has 2 amide bonds. The summed E-state index contributed by atoms with van der Waals surface area (Å²) < 4.78 is 0. The molecule has 0 saturated carbocycles. The molecule has 2 atom stereocenters. The molecule has 1 saturated heterocycles. The summed E-state index contributed by atoms with van der Waals surface area (Å²) in [6, 6.07) is -0.412. The van der Waals surface area contributed by atoms with Crippen LogP contribution in [-0.4, -0.2) is 79.4 Å². The van der Waals surface area contributed by atoms with E-state index >= 15 is 0 Å². The SMILES string of the molecule is CCC(C)C(N)C(=O)N1CCCN(CC(=O)N(C)C)CC1. The second-order valence-electron chi connectivity index (χ2n) is 6.15. The van der Waals surface area contributed by atoms with Gasteiger partial charge in [-0.2, -0.15) is 0 Å². The van der Waals surface area contributed by atoms with Crippen LogP contribution in [0, 0.1) is 5.92 Å². The van der Waals surface area contributed by atoms with Gasteiger partial charge in [0, 0.05) is 40.3 Å². The first-order chi connectivity index (χ1) is 9.86. The van der Waals surface area contributed by atoms with Crippen molar-refractivity contribution in [3.8, 4) is 0 Å². The zero-order valence-electron chi connectivity index (χ0n) is 13.8. The van der Waals surface area contributed by atoms with Crippen molar-refractivity contribution in [2.24, 2.45) is 11.7 Å². The summed E-state index contributed by atoms with van der Waals surface area (Å²) in [4.78, 5) is 29.7. The van der Waals surface area contributed by atoms with Gasteiger partial charge in [0.2, 0.25) is 11.8 Å². The first-order valence-corrected chi connectivity index (χ1v) is 7.83. The molecule has 0 aromatic carbocycles. The molecule has 1 heterocycles. The van der Waals surface area contributed by atoms with Crippen molar-refractivity contribution in [3.63, 3.8) is 0 Å². The van der Waals surface area contributed by atoms with Crippen LogP contribution < -0.4 is 5.73 Å². The monoisotopic (exact) mass is 298 g/mol. The van der Waals surface area contributed by atoms with E-state index in [2.05, 4.69) is 11.8 Å². The predicted octanol–water partition coefficient (Wildman–Crippen LogP) is -0.0177. The van der Waals surface area contributed by atoms with Crippen molar-refractivity contribution >= 4 is 11.8 Å². The topological polar surface area (TPSA) is 69.9 Å². The molecule has 0 aromatic heterocycles. The van der Waals surface area contributed by atoms with Gasteiger partial charge in [-0.15, -0.1) is 0 Å². The molecule has 6 heteroatoms. The van der Waals surface area contributed by atoms with Crippen molar-refractivity contribution in [1.29, 1.82) is 0 Å². The first-order valence-electron chi connectivity index (χ1n) is 7.83. The third kappa shape index (κ3) is 5.28. The molecular formula is C15H30N4O2. The fourth-order valence-corrected chi connectivity index (χ4v) is 2.39. The van der Waals surface area contributed by atoms with E-state index in [4.69, 9.17) is 5.73 Å². The maximum atomic E-state index is 12.4. The molecule has 2 N–H and O–H groups in total. The fraction of sp³-hybridized carbons (Fsp3) is 0.867. The standard InChI is InChI=1S/C15H30N4O2/c1-5-12(2)14(16)15(21)19-8-6-7-18(9-10-19)11-13(20)17(3)4/h12,14H,5-11,16H2,1-4H3. The Morgan fingerprint density at radius 1 is 1.19 bits per heavy atom. The lowest BCUT2D eigenvalue weighted by atomic mass is 9.99. The molecule has 1 aliphatic heterocycles. The number of carbonyl (C=O) groups excluding carboxylic acids is 2. The Bertz CT molecular complexity index is 360. The number of carbonyl (C=O) groups is 2. The number of hydrogen-bond acceptors (Lipinski definition) is 4. The summed E-state index contributed by atoms with van der Waals surface area (Å²) in [7, 11) is 3.53. The van der Waals surface area contributed by atoms with Crippen LogP contribution in [0.25, 0.3) is 0 Å². The van der Waals surface area contributed by atoms with Crippen molar-refractivity contribution < 1.29 is 9.59 Å². The van der Waals surface area contributed by atoms with Crippen LogP contribution in [0.1, 0.15) is 26.7 Å². The Kier molecular flexibility index (Phi) is 7.11. The Labute approximate surface area is 128 Å². The summed E-state index contributed by atoms with van der Waals surface area (Å²) >= 11 is 0. The zero-order valence-corrected chi connectivity index (χ0v) is 13.8.